The number of alkyl halides is 3. The predicted octanol–water partition coefficient (Wildman–Crippen LogP) is 4.87. The molecule has 0 saturated heterocycles. The molecule has 1 aromatic carbocycles. The molecule has 1 saturated carbocycles. The molecule has 2 aromatic rings. The lowest BCUT2D eigenvalue weighted by Gasteiger charge is -2.16. The fourth-order valence-electron chi connectivity index (χ4n) is 2.70. The van der Waals surface area contributed by atoms with E-state index in [1.54, 1.807) is 0 Å². The molecule has 9 heteroatoms. The molecule has 2 N–H and O–H groups in total. The molecule has 0 radical (unpaired) electrons. The van der Waals surface area contributed by atoms with Crippen molar-refractivity contribution < 1.29 is 22.0 Å². The summed E-state index contributed by atoms with van der Waals surface area (Å²) in [5.41, 5.74) is -1.33. The molecule has 3 rings (SSSR count). The first kappa shape index (κ1) is 17.4. The average Bonchev–Trinajstić information content (AvgIpc) is 3.02. The van der Waals surface area contributed by atoms with Gasteiger partial charge in [0, 0.05) is 18.2 Å². The van der Waals surface area contributed by atoms with Gasteiger partial charge >= 0.3 is 6.18 Å². The lowest BCUT2D eigenvalue weighted by atomic mass is 10.2. The first-order valence-corrected chi connectivity index (χ1v) is 7.76. The zero-order valence-corrected chi connectivity index (χ0v) is 13.0. The van der Waals surface area contributed by atoms with Gasteiger partial charge in [0.25, 0.3) is 0 Å². The molecular weight excluding hydrogens is 343 g/mol. The van der Waals surface area contributed by atoms with Crippen LogP contribution in [0.1, 0.15) is 31.4 Å². The van der Waals surface area contributed by atoms with Crippen LogP contribution in [0.4, 0.5) is 39.4 Å². The SMILES string of the molecule is Fc1ccc(Nc2cc(C(F)(F)F)nc(NC3CCCC3)n2)c(F)c1. The van der Waals surface area contributed by atoms with Crippen molar-refractivity contribution in [3.8, 4) is 0 Å². The summed E-state index contributed by atoms with van der Waals surface area (Å²) in [6.45, 7) is 0. The van der Waals surface area contributed by atoms with Gasteiger partial charge in [-0.3, -0.25) is 0 Å². The summed E-state index contributed by atoms with van der Waals surface area (Å²) in [6, 6.07) is 3.41. The van der Waals surface area contributed by atoms with Crippen LogP contribution in [0.3, 0.4) is 0 Å². The Morgan fingerprint density at radius 3 is 2.36 bits per heavy atom. The van der Waals surface area contributed by atoms with E-state index in [4.69, 9.17) is 0 Å². The van der Waals surface area contributed by atoms with Gasteiger partial charge in [-0.15, -0.1) is 0 Å². The van der Waals surface area contributed by atoms with Crippen LogP contribution in [0, 0.1) is 11.6 Å². The summed E-state index contributed by atoms with van der Waals surface area (Å²) in [6.07, 6.45) is -1.04. The highest BCUT2D eigenvalue weighted by atomic mass is 19.4. The molecule has 0 bridgehead atoms. The van der Waals surface area contributed by atoms with Gasteiger partial charge < -0.3 is 10.6 Å². The summed E-state index contributed by atoms with van der Waals surface area (Å²) in [7, 11) is 0. The number of aromatic nitrogens is 2. The lowest BCUT2D eigenvalue weighted by molar-refractivity contribution is -0.141. The maximum Gasteiger partial charge on any atom is 0.433 e. The maximum atomic E-state index is 13.7. The van der Waals surface area contributed by atoms with Crippen molar-refractivity contribution in [3.63, 3.8) is 0 Å². The fraction of sp³-hybridized carbons (Fsp3) is 0.375. The molecule has 1 aliphatic rings. The van der Waals surface area contributed by atoms with Crippen LogP contribution in [-0.4, -0.2) is 16.0 Å². The Balaban J connectivity index is 1.90. The van der Waals surface area contributed by atoms with E-state index in [9.17, 15) is 22.0 Å². The molecule has 1 aliphatic carbocycles. The Morgan fingerprint density at radius 1 is 1.00 bits per heavy atom. The Morgan fingerprint density at radius 2 is 1.72 bits per heavy atom. The van der Waals surface area contributed by atoms with Crippen LogP contribution in [0.2, 0.25) is 0 Å². The van der Waals surface area contributed by atoms with Gasteiger partial charge in [0.1, 0.15) is 17.5 Å². The molecule has 0 spiro atoms. The third-order valence-corrected chi connectivity index (χ3v) is 3.90. The summed E-state index contributed by atoms with van der Waals surface area (Å²) in [5.74, 6) is -2.12. The molecule has 1 fully saturated rings. The van der Waals surface area contributed by atoms with Gasteiger partial charge in [-0.1, -0.05) is 12.8 Å². The molecule has 134 valence electrons. The van der Waals surface area contributed by atoms with Crippen LogP contribution in [-0.2, 0) is 6.18 Å². The van der Waals surface area contributed by atoms with Gasteiger partial charge in [0.05, 0.1) is 5.69 Å². The first-order valence-electron chi connectivity index (χ1n) is 7.76. The minimum atomic E-state index is -4.67. The number of rotatable bonds is 4. The molecule has 0 aliphatic heterocycles. The Bertz CT molecular complexity index is 757. The zero-order valence-electron chi connectivity index (χ0n) is 13.0. The van der Waals surface area contributed by atoms with Crippen molar-refractivity contribution in [3.05, 3.63) is 41.6 Å². The smallest absolute Gasteiger partial charge is 0.351 e. The normalized spacial score (nSPS) is 15.4. The van der Waals surface area contributed by atoms with Gasteiger partial charge in [-0.05, 0) is 25.0 Å². The quantitative estimate of drug-likeness (QED) is 0.766. The van der Waals surface area contributed by atoms with Crippen LogP contribution < -0.4 is 10.6 Å². The molecule has 0 unspecified atom stereocenters. The minimum Gasteiger partial charge on any atom is -0.351 e. The van der Waals surface area contributed by atoms with Crippen molar-refractivity contribution in [2.45, 2.75) is 37.9 Å². The predicted molar refractivity (Wildman–Crippen MR) is 82.6 cm³/mol. The summed E-state index contributed by atoms with van der Waals surface area (Å²) in [5, 5.41) is 5.33. The standard InChI is InChI=1S/C16H15F5N4/c17-9-5-6-12(11(18)7-9)23-14-8-13(16(19,20)21)24-15(25-14)22-10-3-1-2-4-10/h5-8,10H,1-4H2,(H2,22,23,24,25). The number of halogens is 5. The first-order chi connectivity index (χ1) is 11.8. The number of nitrogens with zero attached hydrogens (tertiary/aromatic N) is 2. The van der Waals surface area contributed by atoms with E-state index in [1.807, 2.05) is 0 Å². The Kier molecular flexibility index (Phi) is 4.73. The average molecular weight is 358 g/mol. The van der Waals surface area contributed by atoms with Gasteiger partial charge in [-0.2, -0.15) is 18.2 Å². The van der Waals surface area contributed by atoms with Gasteiger partial charge in [0.2, 0.25) is 5.95 Å². The molecule has 4 nitrogen and oxygen atoms in total. The van der Waals surface area contributed by atoms with Crippen molar-refractivity contribution in [1.29, 1.82) is 0 Å². The fourth-order valence-corrected chi connectivity index (χ4v) is 2.70. The maximum absolute atomic E-state index is 13.7. The second kappa shape index (κ2) is 6.81. The monoisotopic (exact) mass is 358 g/mol. The minimum absolute atomic E-state index is 0.0129. The molecule has 25 heavy (non-hydrogen) atoms. The van der Waals surface area contributed by atoms with Gasteiger partial charge in [-0.25, -0.2) is 13.8 Å². The molecule has 1 heterocycles. The third kappa shape index (κ3) is 4.34. The summed E-state index contributed by atoms with van der Waals surface area (Å²) >= 11 is 0. The summed E-state index contributed by atoms with van der Waals surface area (Å²) < 4.78 is 65.8. The number of nitrogens with one attached hydrogen (secondary N) is 2. The second-order valence-electron chi connectivity index (χ2n) is 5.83. The number of benzene rings is 1. The largest absolute Gasteiger partial charge is 0.433 e. The van der Waals surface area contributed by atoms with Gasteiger partial charge in [0.15, 0.2) is 5.69 Å². The highest BCUT2D eigenvalue weighted by Gasteiger charge is 2.34. The van der Waals surface area contributed by atoms with E-state index in [-0.39, 0.29) is 23.5 Å². The topological polar surface area (TPSA) is 49.8 Å². The van der Waals surface area contributed by atoms with E-state index in [0.29, 0.717) is 12.1 Å². The second-order valence-corrected chi connectivity index (χ2v) is 5.83. The molecule has 0 atom stereocenters. The number of hydrogen-bond acceptors (Lipinski definition) is 4. The van der Waals surface area contributed by atoms with Crippen LogP contribution in [0.5, 0.6) is 0 Å². The molecular formula is C16H15F5N4. The number of hydrogen-bond donors (Lipinski definition) is 2. The van der Waals surface area contributed by atoms with Crippen molar-refractivity contribution in [2.24, 2.45) is 0 Å². The van der Waals surface area contributed by atoms with E-state index < -0.39 is 23.5 Å². The van der Waals surface area contributed by atoms with E-state index in [2.05, 4.69) is 20.6 Å². The highest BCUT2D eigenvalue weighted by Crippen LogP contribution is 2.31. The van der Waals surface area contributed by atoms with E-state index in [0.717, 1.165) is 37.8 Å². The van der Waals surface area contributed by atoms with E-state index in [1.165, 1.54) is 0 Å². The van der Waals surface area contributed by atoms with Crippen molar-refractivity contribution in [1.82, 2.24) is 9.97 Å². The van der Waals surface area contributed by atoms with Crippen molar-refractivity contribution in [2.75, 3.05) is 10.6 Å². The number of anilines is 3. The third-order valence-electron chi connectivity index (χ3n) is 3.90. The van der Waals surface area contributed by atoms with Crippen molar-refractivity contribution >= 4 is 17.5 Å². The molecule has 1 aromatic heterocycles. The molecule has 0 amide bonds. The zero-order chi connectivity index (χ0) is 18.0. The van der Waals surface area contributed by atoms with Crippen LogP contribution in [0.25, 0.3) is 0 Å². The van der Waals surface area contributed by atoms with E-state index >= 15 is 0 Å². The van der Waals surface area contributed by atoms with Crippen LogP contribution >= 0.6 is 0 Å². The Labute approximate surface area is 140 Å². The van der Waals surface area contributed by atoms with Crippen LogP contribution in [0.15, 0.2) is 24.3 Å². The summed E-state index contributed by atoms with van der Waals surface area (Å²) in [4.78, 5) is 7.48. The highest BCUT2D eigenvalue weighted by molar-refractivity contribution is 5.58. The lowest BCUT2D eigenvalue weighted by Crippen LogP contribution is -2.19. The Hall–Kier alpha value is -2.45.